The summed E-state index contributed by atoms with van der Waals surface area (Å²) in [5, 5.41) is 11.0. The second-order valence-electron chi connectivity index (χ2n) is 4.87. The lowest BCUT2D eigenvalue weighted by atomic mass is 9.95. The Balaban J connectivity index is 1.81. The zero-order valence-corrected chi connectivity index (χ0v) is 10.2. The van der Waals surface area contributed by atoms with Gasteiger partial charge in [-0.25, -0.2) is 0 Å². The summed E-state index contributed by atoms with van der Waals surface area (Å²) in [6.07, 6.45) is 5.30. The number of pyridine rings is 1. The molecule has 1 aliphatic rings. The summed E-state index contributed by atoms with van der Waals surface area (Å²) < 4.78 is 5.86. The SMILES string of the molecule is OC1CCCCC1Oc1cnc2ccccc2c1. The lowest BCUT2D eigenvalue weighted by molar-refractivity contribution is 0.00678. The topological polar surface area (TPSA) is 42.4 Å². The number of aliphatic hydroxyl groups is 1. The van der Waals surface area contributed by atoms with Crippen LogP contribution >= 0.6 is 0 Å². The van der Waals surface area contributed by atoms with Gasteiger partial charge in [0.25, 0.3) is 0 Å². The molecule has 2 aromatic rings. The molecule has 0 bridgehead atoms. The highest BCUT2D eigenvalue weighted by Gasteiger charge is 2.24. The molecule has 1 heterocycles. The van der Waals surface area contributed by atoms with Crippen molar-refractivity contribution < 1.29 is 9.84 Å². The molecule has 1 fully saturated rings. The standard InChI is InChI=1S/C15H17NO2/c17-14-7-3-4-8-15(14)18-12-9-11-5-1-2-6-13(11)16-10-12/h1-2,5-6,9-10,14-15,17H,3-4,7-8H2. The summed E-state index contributed by atoms with van der Waals surface area (Å²) in [7, 11) is 0. The van der Waals surface area contributed by atoms with Crippen LogP contribution in [-0.4, -0.2) is 22.3 Å². The van der Waals surface area contributed by atoms with Crippen molar-refractivity contribution in [1.82, 2.24) is 4.98 Å². The van der Waals surface area contributed by atoms with Crippen molar-refractivity contribution in [2.45, 2.75) is 37.9 Å². The van der Waals surface area contributed by atoms with Gasteiger partial charge in [0.2, 0.25) is 0 Å². The average molecular weight is 243 g/mol. The minimum absolute atomic E-state index is 0.0817. The first-order chi connectivity index (χ1) is 8.83. The van der Waals surface area contributed by atoms with Crippen molar-refractivity contribution in [3.8, 4) is 5.75 Å². The fourth-order valence-corrected chi connectivity index (χ4v) is 2.50. The molecule has 18 heavy (non-hydrogen) atoms. The quantitative estimate of drug-likeness (QED) is 0.881. The van der Waals surface area contributed by atoms with Gasteiger partial charge < -0.3 is 9.84 Å². The van der Waals surface area contributed by atoms with E-state index in [4.69, 9.17) is 4.74 Å². The van der Waals surface area contributed by atoms with Gasteiger partial charge in [0.15, 0.2) is 0 Å². The predicted octanol–water partition coefficient (Wildman–Crippen LogP) is 2.92. The molecule has 2 unspecified atom stereocenters. The molecule has 0 spiro atoms. The van der Waals surface area contributed by atoms with Crippen LogP contribution in [0.25, 0.3) is 10.9 Å². The van der Waals surface area contributed by atoms with Gasteiger partial charge in [0.1, 0.15) is 11.9 Å². The Hall–Kier alpha value is -1.61. The van der Waals surface area contributed by atoms with E-state index in [-0.39, 0.29) is 12.2 Å². The Morgan fingerprint density at radius 2 is 2.00 bits per heavy atom. The van der Waals surface area contributed by atoms with Crippen molar-refractivity contribution >= 4 is 10.9 Å². The molecule has 0 aliphatic heterocycles. The van der Waals surface area contributed by atoms with Crippen molar-refractivity contribution in [3.05, 3.63) is 36.5 Å². The Morgan fingerprint density at radius 1 is 1.17 bits per heavy atom. The lowest BCUT2D eigenvalue weighted by Crippen LogP contribution is -2.34. The van der Waals surface area contributed by atoms with E-state index in [0.717, 1.165) is 42.3 Å². The van der Waals surface area contributed by atoms with E-state index in [9.17, 15) is 5.11 Å². The van der Waals surface area contributed by atoms with E-state index >= 15 is 0 Å². The van der Waals surface area contributed by atoms with Gasteiger partial charge in [0, 0.05) is 5.39 Å². The van der Waals surface area contributed by atoms with Gasteiger partial charge >= 0.3 is 0 Å². The Labute approximate surface area is 106 Å². The molecular weight excluding hydrogens is 226 g/mol. The van der Waals surface area contributed by atoms with Gasteiger partial charge in [0.05, 0.1) is 17.8 Å². The smallest absolute Gasteiger partial charge is 0.138 e. The fraction of sp³-hybridized carbons (Fsp3) is 0.400. The predicted molar refractivity (Wildman–Crippen MR) is 70.6 cm³/mol. The van der Waals surface area contributed by atoms with Crippen LogP contribution < -0.4 is 4.74 Å². The highest BCUT2D eigenvalue weighted by molar-refractivity contribution is 5.79. The molecule has 0 saturated heterocycles. The summed E-state index contributed by atoms with van der Waals surface area (Å²) in [5.41, 5.74) is 0.967. The number of aliphatic hydroxyl groups excluding tert-OH is 1. The molecule has 0 radical (unpaired) electrons. The van der Waals surface area contributed by atoms with Crippen LogP contribution in [0.15, 0.2) is 36.5 Å². The Bertz CT molecular complexity index is 541. The normalized spacial score (nSPS) is 24.1. The van der Waals surface area contributed by atoms with E-state index in [1.54, 1.807) is 6.20 Å². The van der Waals surface area contributed by atoms with E-state index in [2.05, 4.69) is 4.98 Å². The molecule has 1 saturated carbocycles. The lowest BCUT2D eigenvalue weighted by Gasteiger charge is -2.28. The molecule has 1 aromatic carbocycles. The van der Waals surface area contributed by atoms with Crippen LogP contribution in [0, 0.1) is 0 Å². The highest BCUT2D eigenvalue weighted by atomic mass is 16.5. The monoisotopic (exact) mass is 243 g/mol. The summed E-state index contributed by atoms with van der Waals surface area (Å²) in [5.74, 6) is 0.750. The molecule has 3 rings (SSSR count). The molecule has 1 N–H and O–H groups in total. The van der Waals surface area contributed by atoms with Crippen LogP contribution in [0.1, 0.15) is 25.7 Å². The summed E-state index contributed by atoms with van der Waals surface area (Å²) in [6, 6.07) is 9.95. The van der Waals surface area contributed by atoms with Crippen LogP contribution in [-0.2, 0) is 0 Å². The van der Waals surface area contributed by atoms with Crippen LogP contribution in [0.2, 0.25) is 0 Å². The van der Waals surface area contributed by atoms with Crippen molar-refractivity contribution in [3.63, 3.8) is 0 Å². The molecule has 2 atom stereocenters. The molecule has 1 aliphatic carbocycles. The molecule has 3 nitrogen and oxygen atoms in total. The number of benzene rings is 1. The largest absolute Gasteiger partial charge is 0.486 e. The highest BCUT2D eigenvalue weighted by Crippen LogP contribution is 2.25. The number of nitrogens with zero attached hydrogens (tertiary/aromatic N) is 1. The number of para-hydroxylation sites is 1. The van der Waals surface area contributed by atoms with Gasteiger partial charge in [-0.05, 0) is 31.4 Å². The molecule has 94 valence electrons. The zero-order chi connectivity index (χ0) is 12.4. The van der Waals surface area contributed by atoms with Gasteiger partial charge in [-0.2, -0.15) is 0 Å². The molecule has 3 heteroatoms. The first-order valence-corrected chi connectivity index (χ1v) is 6.52. The first kappa shape index (κ1) is 11.5. The molecular formula is C15H17NO2. The maximum atomic E-state index is 9.90. The van der Waals surface area contributed by atoms with Crippen LogP contribution in [0.3, 0.4) is 0 Å². The molecule has 0 amide bonds. The Kier molecular flexibility index (Phi) is 3.15. The minimum atomic E-state index is -0.342. The maximum absolute atomic E-state index is 9.90. The van der Waals surface area contributed by atoms with Crippen molar-refractivity contribution in [2.75, 3.05) is 0 Å². The third kappa shape index (κ3) is 2.31. The van der Waals surface area contributed by atoms with Gasteiger partial charge in [-0.1, -0.05) is 24.6 Å². The minimum Gasteiger partial charge on any atom is -0.486 e. The van der Waals surface area contributed by atoms with E-state index in [0.29, 0.717) is 0 Å². The Morgan fingerprint density at radius 3 is 2.89 bits per heavy atom. The fourth-order valence-electron chi connectivity index (χ4n) is 2.50. The van der Waals surface area contributed by atoms with Crippen molar-refractivity contribution in [1.29, 1.82) is 0 Å². The van der Waals surface area contributed by atoms with E-state index in [1.807, 2.05) is 30.3 Å². The van der Waals surface area contributed by atoms with Crippen LogP contribution in [0.5, 0.6) is 5.75 Å². The third-order valence-electron chi connectivity index (χ3n) is 3.52. The summed E-state index contributed by atoms with van der Waals surface area (Å²) >= 11 is 0. The van der Waals surface area contributed by atoms with Crippen molar-refractivity contribution in [2.24, 2.45) is 0 Å². The van der Waals surface area contributed by atoms with E-state index < -0.39 is 0 Å². The third-order valence-corrected chi connectivity index (χ3v) is 3.52. The van der Waals surface area contributed by atoms with Gasteiger partial charge in [-0.15, -0.1) is 0 Å². The summed E-state index contributed by atoms with van der Waals surface area (Å²) in [6.45, 7) is 0. The average Bonchev–Trinajstić information content (AvgIpc) is 2.41. The van der Waals surface area contributed by atoms with Crippen LogP contribution in [0.4, 0.5) is 0 Å². The number of hydrogen-bond donors (Lipinski definition) is 1. The zero-order valence-electron chi connectivity index (χ0n) is 10.2. The second kappa shape index (κ2) is 4.94. The second-order valence-corrected chi connectivity index (χ2v) is 4.87. The maximum Gasteiger partial charge on any atom is 0.138 e. The van der Waals surface area contributed by atoms with Gasteiger partial charge in [-0.3, -0.25) is 4.98 Å². The number of rotatable bonds is 2. The summed E-state index contributed by atoms with van der Waals surface area (Å²) in [4.78, 5) is 4.37. The number of fused-ring (bicyclic) bond motifs is 1. The van der Waals surface area contributed by atoms with E-state index in [1.165, 1.54) is 0 Å². The molecule has 1 aromatic heterocycles. The number of aromatic nitrogens is 1. The number of hydrogen-bond acceptors (Lipinski definition) is 3. The number of ether oxygens (including phenoxy) is 1. The first-order valence-electron chi connectivity index (χ1n) is 6.52.